The molecule has 2 aromatic rings. The van der Waals surface area contributed by atoms with Crippen molar-refractivity contribution >= 4 is 22.0 Å². The third-order valence-corrected chi connectivity index (χ3v) is 2.42. The molecular formula is C13H11BrN2O. The number of hydrogen-bond acceptors (Lipinski definition) is 3. The van der Waals surface area contributed by atoms with Crippen molar-refractivity contribution in [2.24, 2.45) is 0 Å². The van der Waals surface area contributed by atoms with Crippen LogP contribution in [0.15, 0.2) is 53.3 Å². The van der Waals surface area contributed by atoms with Crippen molar-refractivity contribution in [2.45, 2.75) is 0 Å². The van der Waals surface area contributed by atoms with Gasteiger partial charge in [0.1, 0.15) is 6.61 Å². The molecule has 0 N–H and O–H groups in total. The minimum Gasteiger partial charge on any atom is -0.459 e. The van der Waals surface area contributed by atoms with Gasteiger partial charge < -0.3 is 4.74 Å². The van der Waals surface area contributed by atoms with E-state index in [2.05, 4.69) is 25.9 Å². The Morgan fingerprint density at radius 1 is 1.12 bits per heavy atom. The van der Waals surface area contributed by atoms with Crippen molar-refractivity contribution in [3.63, 3.8) is 0 Å². The molecule has 17 heavy (non-hydrogen) atoms. The van der Waals surface area contributed by atoms with Gasteiger partial charge in [-0.25, -0.2) is 9.97 Å². The van der Waals surface area contributed by atoms with E-state index < -0.39 is 0 Å². The van der Waals surface area contributed by atoms with Crippen molar-refractivity contribution in [3.8, 4) is 6.01 Å². The molecule has 0 atom stereocenters. The lowest BCUT2D eigenvalue weighted by Gasteiger charge is -1.99. The van der Waals surface area contributed by atoms with Crippen LogP contribution in [0.25, 0.3) is 6.08 Å². The predicted octanol–water partition coefficient (Wildman–Crippen LogP) is 3.33. The fraction of sp³-hybridized carbons (Fsp3) is 0.0769. The van der Waals surface area contributed by atoms with Crippen LogP contribution in [-0.4, -0.2) is 16.6 Å². The molecule has 1 aromatic carbocycles. The molecule has 3 nitrogen and oxygen atoms in total. The molecule has 4 heteroatoms. The van der Waals surface area contributed by atoms with Gasteiger partial charge in [-0.2, -0.15) is 0 Å². The Labute approximate surface area is 108 Å². The van der Waals surface area contributed by atoms with Crippen LogP contribution >= 0.6 is 15.9 Å². The van der Waals surface area contributed by atoms with Gasteiger partial charge in [-0.1, -0.05) is 36.4 Å². The van der Waals surface area contributed by atoms with Crippen LogP contribution in [0.4, 0.5) is 0 Å². The quantitative estimate of drug-likeness (QED) is 0.866. The van der Waals surface area contributed by atoms with E-state index in [4.69, 9.17) is 4.74 Å². The van der Waals surface area contributed by atoms with Crippen LogP contribution in [0.1, 0.15) is 5.56 Å². The van der Waals surface area contributed by atoms with Crippen molar-refractivity contribution in [1.82, 2.24) is 9.97 Å². The van der Waals surface area contributed by atoms with Crippen molar-refractivity contribution in [2.75, 3.05) is 6.61 Å². The SMILES string of the molecule is Brc1cnc(OC/C=C/c2ccccc2)nc1. The van der Waals surface area contributed by atoms with Gasteiger partial charge in [-0.3, -0.25) is 0 Å². The Morgan fingerprint density at radius 2 is 1.82 bits per heavy atom. The second-order valence-corrected chi connectivity index (χ2v) is 4.22. The molecule has 0 fully saturated rings. The molecule has 0 aliphatic carbocycles. The molecule has 1 heterocycles. The van der Waals surface area contributed by atoms with Crippen LogP contribution < -0.4 is 4.74 Å². The summed E-state index contributed by atoms with van der Waals surface area (Å²) < 4.78 is 6.19. The zero-order chi connectivity index (χ0) is 11.9. The molecule has 0 radical (unpaired) electrons. The van der Waals surface area contributed by atoms with Crippen molar-refractivity contribution < 1.29 is 4.74 Å². The largest absolute Gasteiger partial charge is 0.459 e. The summed E-state index contributed by atoms with van der Waals surface area (Å²) in [6.45, 7) is 0.455. The maximum Gasteiger partial charge on any atom is 0.316 e. The van der Waals surface area contributed by atoms with Gasteiger partial charge in [-0.15, -0.1) is 0 Å². The van der Waals surface area contributed by atoms with E-state index in [0.29, 0.717) is 12.6 Å². The van der Waals surface area contributed by atoms with Crippen molar-refractivity contribution in [3.05, 3.63) is 58.8 Å². The molecular weight excluding hydrogens is 280 g/mol. The van der Waals surface area contributed by atoms with Crippen LogP contribution in [0.2, 0.25) is 0 Å². The van der Waals surface area contributed by atoms with E-state index in [-0.39, 0.29) is 0 Å². The molecule has 1 aromatic heterocycles. The third kappa shape index (κ3) is 4.00. The van der Waals surface area contributed by atoms with E-state index in [1.54, 1.807) is 12.4 Å². The summed E-state index contributed by atoms with van der Waals surface area (Å²) in [7, 11) is 0. The zero-order valence-electron chi connectivity index (χ0n) is 9.08. The van der Waals surface area contributed by atoms with Crippen molar-refractivity contribution in [1.29, 1.82) is 0 Å². The van der Waals surface area contributed by atoms with Gasteiger partial charge in [0, 0.05) is 12.4 Å². The minimum absolute atomic E-state index is 0.380. The predicted molar refractivity (Wildman–Crippen MR) is 70.7 cm³/mol. The Balaban J connectivity index is 1.84. The smallest absolute Gasteiger partial charge is 0.316 e. The highest BCUT2D eigenvalue weighted by Crippen LogP contribution is 2.08. The lowest BCUT2D eigenvalue weighted by Crippen LogP contribution is -1.97. The molecule has 0 spiro atoms. The molecule has 0 aliphatic heterocycles. The average Bonchev–Trinajstić information content (AvgIpc) is 2.38. The summed E-state index contributed by atoms with van der Waals surface area (Å²) in [4.78, 5) is 8.02. The fourth-order valence-corrected chi connectivity index (χ4v) is 1.45. The van der Waals surface area contributed by atoms with E-state index in [0.717, 1.165) is 10.0 Å². The van der Waals surface area contributed by atoms with Gasteiger partial charge >= 0.3 is 6.01 Å². The second-order valence-electron chi connectivity index (χ2n) is 3.31. The standard InChI is InChI=1S/C13H11BrN2O/c14-12-9-15-13(16-10-12)17-8-4-7-11-5-2-1-3-6-11/h1-7,9-10H,8H2/b7-4+. The Kier molecular flexibility index (Phi) is 4.27. The lowest BCUT2D eigenvalue weighted by molar-refractivity contribution is 0.333. The normalized spacial score (nSPS) is 10.6. The van der Waals surface area contributed by atoms with E-state index in [1.165, 1.54) is 0 Å². The number of hydrogen-bond donors (Lipinski definition) is 0. The first-order valence-electron chi connectivity index (χ1n) is 5.16. The maximum atomic E-state index is 5.35. The molecule has 0 unspecified atom stereocenters. The number of nitrogens with zero attached hydrogens (tertiary/aromatic N) is 2. The second kappa shape index (κ2) is 6.15. The monoisotopic (exact) mass is 290 g/mol. The van der Waals surface area contributed by atoms with E-state index >= 15 is 0 Å². The van der Waals surface area contributed by atoms with Gasteiger partial charge in [0.2, 0.25) is 0 Å². The van der Waals surface area contributed by atoms with E-state index in [1.807, 2.05) is 42.5 Å². The molecule has 0 saturated heterocycles. The van der Waals surface area contributed by atoms with Gasteiger partial charge in [-0.05, 0) is 27.6 Å². The summed E-state index contributed by atoms with van der Waals surface area (Å²) in [5, 5.41) is 0. The van der Waals surface area contributed by atoms with Crippen LogP contribution in [0, 0.1) is 0 Å². The first kappa shape index (κ1) is 11.8. The first-order valence-corrected chi connectivity index (χ1v) is 5.96. The van der Waals surface area contributed by atoms with Gasteiger partial charge in [0.15, 0.2) is 0 Å². The first-order chi connectivity index (χ1) is 8.34. The number of rotatable bonds is 4. The van der Waals surface area contributed by atoms with Crippen LogP contribution in [0.5, 0.6) is 6.01 Å². The summed E-state index contributed by atoms with van der Waals surface area (Å²) in [5.74, 6) is 0. The highest BCUT2D eigenvalue weighted by Gasteiger charge is 1.94. The Morgan fingerprint density at radius 3 is 2.53 bits per heavy atom. The Bertz CT molecular complexity index is 483. The maximum absolute atomic E-state index is 5.35. The minimum atomic E-state index is 0.380. The summed E-state index contributed by atoms with van der Waals surface area (Å²) in [6, 6.07) is 10.4. The van der Waals surface area contributed by atoms with E-state index in [9.17, 15) is 0 Å². The summed E-state index contributed by atoms with van der Waals surface area (Å²) in [5.41, 5.74) is 1.15. The van der Waals surface area contributed by atoms with Gasteiger partial charge in [0.25, 0.3) is 0 Å². The van der Waals surface area contributed by atoms with Crippen LogP contribution in [0.3, 0.4) is 0 Å². The topological polar surface area (TPSA) is 35.0 Å². The summed E-state index contributed by atoms with van der Waals surface area (Å²) in [6.07, 6.45) is 7.24. The Hall–Kier alpha value is -1.68. The number of ether oxygens (including phenoxy) is 1. The number of benzene rings is 1. The molecule has 0 bridgehead atoms. The van der Waals surface area contributed by atoms with Crippen LogP contribution in [-0.2, 0) is 0 Å². The third-order valence-electron chi connectivity index (χ3n) is 2.02. The highest BCUT2D eigenvalue weighted by molar-refractivity contribution is 9.10. The molecule has 0 amide bonds. The average molecular weight is 291 g/mol. The molecule has 86 valence electrons. The summed E-state index contributed by atoms with van der Waals surface area (Å²) >= 11 is 3.26. The molecule has 2 rings (SSSR count). The molecule has 0 saturated carbocycles. The van der Waals surface area contributed by atoms with Gasteiger partial charge in [0.05, 0.1) is 4.47 Å². The number of halogens is 1. The lowest BCUT2D eigenvalue weighted by atomic mass is 10.2. The zero-order valence-corrected chi connectivity index (χ0v) is 10.7. The molecule has 0 aliphatic rings. The fourth-order valence-electron chi connectivity index (χ4n) is 1.25. The number of aromatic nitrogens is 2. The highest BCUT2D eigenvalue weighted by atomic mass is 79.9.